The number of hydrogen-bond donors (Lipinski definition) is 1. The Balaban J connectivity index is 1.24. The molecule has 4 aromatic rings. The number of anilines is 2. The summed E-state index contributed by atoms with van der Waals surface area (Å²) in [6.45, 7) is 9.10. The molecule has 8 heteroatoms. The van der Waals surface area contributed by atoms with Gasteiger partial charge in [0.15, 0.2) is 11.3 Å². The van der Waals surface area contributed by atoms with Gasteiger partial charge in [-0.3, -0.25) is 14.5 Å². The number of carbonyl (C=O) groups is 1. The van der Waals surface area contributed by atoms with Crippen molar-refractivity contribution in [2.75, 3.05) is 56.2 Å². The third kappa shape index (κ3) is 5.46. The van der Waals surface area contributed by atoms with Gasteiger partial charge in [0.2, 0.25) is 5.91 Å². The molecule has 3 aliphatic rings. The molecule has 2 atom stereocenters. The van der Waals surface area contributed by atoms with Gasteiger partial charge in [0.1, 0.15) is 5.58 Å². The SMILES string of the molecule is C[C@@H]1CN(CCC(=O)Nc2ccc(-c3cccc4c(=O)cc(N5CCOCC5)oc34)c3c2-c2ccccc2C3)C[C@H](C)O1. The lowest BCUT2D eigenvalue weighted by atomic mass is 9.93. The summed E-state index contributed by atoms with van der Waals surface area (Å²) in [5.74, 6) is 0.568. The van der Waals surface area contributed by atoms with E-state index in [1.807, 2.05) is 30.3 Å². The molecule has 0 radical (unpaired) electrons. The summed E-state index contributed by atoms with van der Waals surface area (Å²) in [4.78, 5) is 30.9. The number of rotatable bonds is 6. The van der Waals surface area contributed by atoms with Crippen molar-refractivity contribution >= 4 is 28.4 Å². The molecule has 2 saturated heterocycles. The number of nitrogens with zero attached hydrogens (tertiary/aromatic N) is 2. The van der Waals surface area contributed by atoms with Crippen LogP contribution in [0, 0.1) is 0 Å². The third-order valence-corrected chi connectivity index (χ3v) is 8.75. The maximum Gasteiger partial charge on any atom is 0.225 e. The fourth-order valence-electron chi connectivity index (χ4n) is 6.86. The lowest BCUT2D eigenvalue weighted by molar-refractivity contribution is -0.117. The zero-order chi connectivity index (χ0) is 29.5. The quantitative estimate of drug-likeness (QED) is 0.292. The standard InChI is InChI=1S/C35H37N3O5/c1-22-20-37(21-23(2)42-22)13-12-32(40)36-30-11-10-26(29-18-24-6-3-4-7-25(24)34(29)30)27-8-5-9-28-31(39)19-33(43-35(27)28)38-14-16-41-17-15-38/h3-11,19,22-23H,12-18,20-21H2,1-2H3,(H,36,40)/t22-,23+. The molecule has 2 aliphatic heterocycles. The highest BCUT2D eigenvalue weighted by Crippen LogP contribution is 2.47. The van der Waals surface area contributed by atoms with Gasteiger partial charge >= 0.3 is 0 Å². The zero-order valence-corrected chi connectivity index (χ0v) is 24.7. The molecule has 1 aromatic heterocycles. The molecule has 2 fully saturated rings. The highest BCUT2D eigenvalue weighted by molar-refractivity contribution is 6.02. The summed E-state index contributed by atoms with van der Waals surface area (Å²) in [6.07, 6.45) is 1.49. The normalized spacial score (nSPS) is 20.2. The van der Waals surface area contributed by atoms with Crippen LogP contribution in [0.2, 0.25) is 0 Å². The van der Waals surface area contributed by atoms with E-state index in [4.69, 9.17) is 13.9 Å². The Hall–Kier alpha value is -3.98. The number of hydrogen-bond acceptors (Lipinski definition) is 7. The predicted octanol–water partition coefficient (Wildman–Crippen LogP) is 5.31. The van der Waals surface area contributed by atoms with Gasteiger partial charge in [-0.25, -0.2) is 0 Å². The van der Waals surface area contributed by atoms with Crippen LogP contribution in [0.15, 0.2) is 69.9 Å². The molecule has 43 heavy (non-hydrogen) atoms. The Morgan fingerprint density at radius 2 is 1.70 bits per heavy atom. The van der Waals surface area contributed by atoms with Gasteiger partial charge < -0.3 is 24.1 Å². The van der Waals surface area contributed by atoms with Gasteiger partial charge in [-0.2, -0.15) is 0 Å². The molecule has 0 spiro atoms. The summed E-state index contributed by atoms with van der Waals surface area (Å²) < 4.78 is 17.8. The van der Waals surface area contributed by atoms with E-state index >= 15 is 0 Å². The summed E-state index contributed by atoms with van der Waals surface area (Å²) in [6, 6.07) is 19.8. The van der Waals surface area contributed by atoms with E-state index in [2.05, 4.69) is 53.2 Å². The molecule has 222 valence electrons. The fraction of sp³-hybridized carbons (Fsp3) is 0.371. The van der Waals surface area contributed by atoms with E-state index in [-0.39, 0.29) is 23.5 Å². The first kappa shape index (κ1) is 27.8. The average molecular weight is 580 g/mol. The summed E-state index contributed by atoms with van der Waals surface area (Å²) in [5.41, 5.74) is 7.73. The van der Waals surface area contributed by atoms with Gasteiger partial charge in [-0.15, -0.1) is 0 Å². The Bertz CT molecular complexity index is 1730. The molecule has 3 aromatic carbocycles. The zero-order valence-electron chi connectivity index (χ0n) is 24.7. The first-order valence-electron chi connectivity index (χ1n) is 15.3. The van der Waals surface area contributed by atoms with E-state index in [9.17, 15) is 9.59 Å². The second kappa shape index (κ2) is 11.6. The van der Waals surface area contributed by atoms with Crippen molar-refractivity contribution in [1.82, 2.24) is 4.90 Å². The molecule has 1 amide bonds. The number of para-hydroxylation sites is 1. The minimum absolute atomic E-state index is 0.00237. The van der Waals surface area contributed by atoms with E-state index in [0.717, 1.165) is 53.0 Å². The number of ether oxygens (including phenoxy) is 2. The molecule has 8 nitrogen and oxygen atoms in total. The van der Waals surface area contributed by atoms with Crippen molar-refractivity contribution in [2.24, 2.45) is 0 Å². The Morgan fingerprint density at radius 3 is 2.51 bits per heavy atom. The topological polar surface area (TPSA) is 84.3 Å². The van der Waals surface area contributed by atoms with Crippen molar-refractivity contribution in [1.29, 1.82) is 0 Å². The fourth-order valence-corrected chi connectivity index (χ4v) is 6.86. The van der Waals surface area contributed by atoms with Crippen molar-refractivity contribution in [3.05, 3.63) is 82.0 Å². The van der Waals surface area contributed by atoms with Crippen molar-refractivity contribution in [2.45, 2.75) is 38.9 Å². The monoisotopic (exact) mass is 579 g/mol. The Labute approximate surface area is 251 Å². The number of carbonyl (C=O) groups excluding carboxylic acids is 1. The minimum atomic E-state index is -0.0579. The van der Waals surface area contributed by atoms with E-state index in [0.29, 0.717) is 56.1 Å². The number of nitrogens with one attached hydrogen (secondary N) is 1. The van der Waals surface area contributed by atoms with Crippen LogP contribution in [0.5, 0.6) is 0 Å². The van der Waals surface area contributed by atoms with Gasteiger partial charge in [-0.1, -0.05) is 42.5 Å². The van der Waals surface area contributed by atoms with E-state index < -0.39 is 0 Å². The van der Waals surface area contributed by atoms with Gasteiger partial charge in [0.05, 0.1) is 30.8 Å². The Kier molecular flexibility index (Phi) is 7.51. The van der Waals surface area contributed by atoms with Crippen LogP contribution in [0.3, 0.4) is 0 Å². The highest BCUT2D eigenvalue weighted by atomic mass is 16.5. The smallest absolute Gasteiger partial charge is 0.225 e. The molecule has 1 N–H and O–H groups in total. The number of amides is 1. The van der Waals surface area contributed by atoms with Crippen LogP contribution >= 0.6 is 0 Å². The second-order valence-electron chi connectivity index (χ2n) is 11.9. The van der Waals surface area contributed by atoms with Gasteiger partial charge in [0, 0.05) is 62.0 Å². The largest absolute Gasteiger partial charge is 0.440 e. The van der Waals surface area contributed by atoms with Crippen LogP contribution < -0.4 is 15.6 Å². The molecular formula is C35H37N3O5. The number of benzene rings is 3. The van der Waals surface area contributed by atoms with Crippen LogP contribution in [0.25, 0.3) is 33.2 Å². The summed E-state index contributed by atoms with van der Waals surface area (Å²) >= 11 is 0. The minimum Gasteiger partial charge on any atom is -0.440 e. The summed E-state index contributed by atoms with van der Waals surface area (Å²) in [5, 5.41) is 3.79. The van der Waals surface area contributed by atoms with Crippen molar-refractivity contribution in [3.8, 4) is 22.3 Å². The van der Waals surface area contributed by atoms with Crippen molar-refractivity contribution < 1.29 is 18.7 Å². The highest BCUT2D eigenvalue weighted by Gasteiger charge is 2.28. The van der Waals surface area contributed by atoms with E-state index in [1.165, 1.54) is 5.56 Å². The first-order valence-corrected chi connectivity index (χ1v) is 15.3. The second-order valence-corrected chi connectivity index (χ2v) is 11.9. The maximum atomic E-state index is 13.3. The molecule has 1 aliphatic carbocycles. The number of morpholine rings is 2. The van der Waals surface area contributed by atoms with Gasteiger partial charge in [0.25, 0.3) is 0 Å². The molecule has 3 heterocycles. The van der Waals surface area contributed by atoms with E-state index in [1.54, 1.807) is 6.07 Å². The lowest BCUT2D eigenvalue weighted by Gasteiger charge is -2.35. The maximum absolute atomic E-state index is 13.3. The van der Waals surface area contributed by atoms with Crippen LogP contribution in [-0.4, -0.2) is 69.0 Å². The Morgan fingerprint density at radius 1 is 0.930 bits per heavy atom. The third-order valence-electron chi connectivity index (χ3n) is 8.75. The van der Waals surface area contributed by atoms with Crippen LogP contribution in [0.1, 0.15) is 31.4 Å². The van der Waals surface area contributed by atoms with Gasteiger partial charge in [-0.05, 0) is 54.7 Å². The average Bonchev–Trinajstić information content (AvgIpc) is 3.40. The summed E-state index contributed by atoms with van der Waals surface area (Å²) in [7, 11) is 0. The number of fused-ring (bicyclic) bond motifs is 4. The van der Waals surface area contributed by atoms with Crippen LogP contribution in [-0.2, 0) is 20.7 Å². The molecule has 0 bridgehead atoms. The predicted molar refractivity (Wildman–Crippen MR) is 169 cm³/mol. The van der Waals surface area contributed by atoms with Crippen LogP contribution in [0.4, 0.5) is 11.6 Å². The molecule has 0 unspecified atom stereocenters. The molecular weight excluding hydrogens is 542 g/mol. The molecule has 7 rings (SSSR count). The lowest BCUT2D eigenvalue weighted by Crippen LogP contribution is -2.46. The molecule has 0 saturated carbocycles. The van der Waals surface area contributed by atoms with Crippen molar-refractivity contribution in [3.63, 3.8) is 0 Å². The first-order chi connectivity index (χ1) is 20.9.